The van der Waals surface area contributed by atoms with Crippen molar-refractivity contribution in [3.63, 3.8) is 0 Å². The second kappa shape index (κ2) is 8.25. The highest BCUT2D eigenvalue weighted by Crippen LogP contribution is 2.34. The fourth-order valence-electron chi connectivity index (χ4n) is 3.80. The molecule has 0 saturated carbocycles. The normalized spacial score (nSPS) is 22.7. The Balaban J connectivity index is 1.66. The second-order valence-corrected chi connectivity index (χ2v) is 9.61. The van der Waals surface area contributed by atoms with E-state index in [1.165, 1.54) is 18.5 Å². The number of hydrogen-bond donors (Lipinski definition) is 0. The number of morpholine rings is 1. The first kappa shape index (κ1) is 20.1. The zero-order chi connectivity index (χ0) is 20.4. The van der Waals surface area contributed by atoms with Gasteiger partial charge < -0.3 is 14.5 Å². The van der Waals surface area contributed by atoms with Crippen LogP contribution in [0.5, 0.6) is 0 Å². The number of amides is 1. The van der Waals surface area contributed by atoms with Crippen LogP contribution in [-0.2, 0) is 19.4 Å². The summed E-state index contributed by atoms with van der Waals surface area (Å²) in [4.78, 5) is 25.1. The largest absolute Gasteiger partial charge is 0.378 e. The summed E-state index contributed by atoms with van der Waals surface area (Å²) in [5.41, 5.74) is 0. The first-order valence-corrected chi connectivity index (χ1v) is 11.3. The summed E-state index contributed by atoms with van der Waals surface area (Å²) in [5, 5.41) is -0.596. The van der Waals surface area contributed by atoms with E-state index < -0.39 is 21.1 Å². The van der Waals surface area contributed by atoms with Crippen LogP contribution in [0.2, 0.25) is 5.02 Å². The minimum atomic E-state index is -3.72. The quantitative estimate of drug-likeness (QED) is 0.715. The van der Waals surface area contributed by atoms with E-state index in [-0.39, 0.29) is 28.8 Å². The van der Waals surface area contributed by atoms with Crippen LogP contribution in [0, 0.1) is 0 Å². The minimum absolute atomic E-state index is 0.0882. The molecule has 0 unspecified atom stereocenters. The third-order valence-corrected chi connectivity index (χ3v) is 7.93. The zero-order valence-corrected chi connectivity index (χ0v) is 17.2. The molecule has 1 amide bonds. The van der Waals surface area contributed by atoms with E-state index in [9.17, 15) is 13.2 Å². The molecule has 0 aliphatic carbocycles. The standard InChI is InChI=1S/C19H21ClN4O4S/c20-15-3-1-2-4-17(15)29(26,27)14-11-16(19(25)23-7-9-28-10-8-23)24(13-14)18-12-21-5-6-22-18/h1-6,12,14,16H,7-11,13H2/t14-,16+/m0/s1. The molecule has 0 radical (unpaired) electrons. The highest BCUT2D eigenvalue weighted by molar-refractivity contribution is 7.92. The van der Waals surface area contributed by atoms with Crippen LogP contribution in [0.15, 0.2) is 47.8 Å². The van der Waals surface area contributed by atoms with Crippen molar-refractivity contribution in [2.45, 2.75) is 22.6 Å². The molecule has 2 fully saturated rings. The van der Waals surface area contributed by atoms with Gasteiger partial charge in [-0.3, -0.25) is 9.78 Å². The summed E-state index contributed by atoms with van der Waals surface area (Å²) in [6, 6.07) is 5.76. The number of hydrogen-bond acceptors (Lipinski definition) is 7. The molecule has 1 aromatic carbocycles. The molecule has 0 N–H and O–H groups in total. The van der Waals surface area contributed by atoms with Gasteiger partial charge in [0, 0.05) is 32.0 Å². The summed E-state index contributed by atoms with van der Waals surface area (Å²) < 4.78 is 31.9. The monoisotopic (exact) mass is 436 g/mol. The van der Waals surface area contributed by atoms with Gasteiger partial charge in [0.15, 0.2) is 9.84 Å². The molecule has 154 valence electrons. The van der Waals surface area contributed by atoms with Gasteiger partial charge in [-0.1, -0.05) is 23.7 Å². The Labute approximate surface area is 174 Å². The topological polar surface area (TPSA) is 92.7 Å². The van der Waals surface area contributed by atoms with Gasteiger partial charge in [0.1, 0.15) is 11.9 Å². The number of anilines is 1. The van der Waals surface area contributed by atoms with Gasteiger partial charge in [0.2, 0.25) is 5.91 Å². The second-order valence-electron chi connectivity index (χ2n) is 7.00. The summed E-state index contributed by atoms with van der Waals surface area (Å²) in [7, 11) is -3.72. The molecule has 2 aromatic rings. The molecule has 8 nitrogen and oxygen atoms in total. The van der Waals surface area contributed by atoms with Crippen LogP contribution in [0.4, 0.5) is 5.82 Å². The van der Waals surface area contributed by atoms with Crippen molar-refractivity contribution < 1.29 is 17.9 Å². The Kier molecular flexibility index (Phi) is 5.71. The Morgan fingerprint density at radius 3 is 2.62 bits per heavy atom. The number of carbonyl (C=O) groups excluding carboxylic acids is 1. The molecule has 2 atom stereocenters. The summed E-state index contributed by atoms with van der Waals surface area (Å²) in [6.45, 7) is 2.08. The van der Waals surface area contributed by atoms with Crippen molar-refractivity contribution in [1.29, 1.82) is 0 Å². The van der Waals surface area contributed by atoms with Crippen LogP contribution in [0.3, 0.4) is 0 Å². The number of halogens is 1. The maximum Gasteiger partial charge on any atom is 0.245 e. The molecule has 0 spiro atoms. The molecule has 0 bridgehead atoms. The van der Waals surface area contributed by atoms with Crippen molar-refractivity contribution in [3.05, 3.63) is 47.9 Å². The Hall–Kier alpha value is -2.23. The predicted octanol–water partition coefficient (Wildman–Crippen LogP) is 1.41. The van der Waals surface area contributed by atoms with Crippen LogP contribution in [-0.4, -0.2) is 73.3 Å². The Morgan fingerprint density at radius 1 is 1.17 bits per heavy atom. The molecule has 4 rings (SSSR count). The number of rotatable bonds is 4. The Morgan fingerprint density at radius 2 is 1.93 bits per heavy atom. The van der Waals surface area contributed by atoms with E-state index in [4.69, 9.17) is 16.3 Å². The van der Waals surface area contributed by atoms with Gasteiger partial charge in [-0.05, 0) is 18.6 Å². The van der Waals surface area contributed by atoms with Crippen LogP contribution in [0.1, 0.15) is 6.42 Å². The van der Waals surface area contributed by atoms with Crippen molar-refractivity contribution in [3.8, 4) is 0 Å². The first-order valence-electron chi connectivity index (χ1n) is 9.36. The maximum absolute atomic E-state index is 13.3. The minimum Gasteiger partial charge on any atom is -0.378 e. The lowest BCUT2D eigenvalue weighted by atomic mass is 10.2. The third kappa shape index (κ3) is 3.94. The summed E-state index contributed by atoms with van der Waals surface area (Å²) >= 11 is 6.16. The lowest BCUT2D eigenvalue weighted by Gasteiger charge is -2.32. The smallest absolute Gasteiger partial charge is 0.245 e. The average Bonchev–Trinajstić information content (AvgIpc) is 3.21. The van der Waals surface area contributed by atoms with Crippen molar-refractivity contribution in [2.75, 3.05) is 37.7 Å². The summed E-state index contributed by atoms with van der Waals surface area (Å²) in [5.74, 6) is 0.367. The van der Waals surface area contributed by atoms with E-state index >= 15 is 0 Å². The molecule has 10 heteroatoms. The van der Waals surface area contributed by atoms with Gasteiger partial charge in [-0.15, -0.1) is 0 Å². The molecule has 1 aromatic heterocycles. The summed E-state index contributed by atoms with van der Waals surface area (Å²) in [6.07, 6.45) is 4.78. The van der Waals surface area contributed by atoms with Gasteiger partial charge in [-0.2, -0.15) is 0 Å². The predicted molar refractivity (Wildman–Crippen MR) is 108 cm³/mol. The maximum atomic E-state index is 13.3. The van der Waals surface area contributed by atoms with Crippen LogP contribution >= 0.6 is 11.6 Å². The van der Waals surface area contributed by atoms with Gasteiger partial charge in [0.25, 0.3) is 0 Å². The lowest BCUT2D eigenvalue weighted by Crippen LogP contribution is -2.50. The molecular formula is C19H21ClN4O4S. The zero-order valence-electron chi connectivity index (χ0n) is 15.6. The molecule has 29 heavy (non-hydrogen) atoms. The number of nitrogens with zero attached hydrogens (tertiary/aromatic N) is 4. The van der Waals surface area contributed by atoms with E-state index in [2.05, 4.69) is 9.97 Å². The average molecular weight is 437 g/mol. The molecular weight excluding hydrogens is 416 g/mol. The van der Waals surface area contributed by atoms with Crippen molar-refractivity contribution in [1.82, 2.24) is 14.9 Å². The van der Waals surface area contributed by atoms with Crippen LogP contribution < -0.4 is 4.90 Å². The van der Waals surface area contributed by atoms with Crippen LogP contribution in [0.25, 0.3) is 0 Å². The van der Waals surface area contributed by atoms with Gasteiger partial charge >= 0.3 is 0 Å². The van der Waals surface area contributed by atoms with E-state index in [0.29, 0.717) is 32.1 Å². The van der Waals surface area contributed by atoms with Crippen molar-refractivity contribution in [2.24, 2.45) is 0 Å². The lowest BCUT2D eigenvalue weighted by molar-refractivity contribution is -0.136. The molecule has 2 aliphatic heterocycles. The number of sulfone groups is 1. The number of aromatic nitrogens is 2. The Bertz CT molecular complexity index is 983. The highest BCUT2D eigenvalue weighted by atomic mass is 35.5. The van der Waals surface area contributed by atoms with Gasteiger partial charge in [-0.25, -0.2) is 13.4 Å². The SMILES string of the molecule is O=C([C@H]1C[C@H](S(=O)(=O)c2ccccc2Cl)CN1c1cnccn1)N1CCOCC1. The number of benzene rings is 1. The third-order valence-electron chi connectivity index (χ3n) is 5.30. The number of carbonyl (C=O) groups is 1. The fraction of sp³-hybridized carbons (Fsp3) is 0.421. The van der Waals surface area contributed by atoms with Crippen molar-refractivity contribution >= 4 is 33.2 Å². The van der Waals surface area contributed by atoms with Gasteiger partial charge in [0.05, 0.1) is 34.6 Å². The first-order chi connectivity index (χ1) is 14.0. The van der Waals surface area contributed by atoms with E-state index in [0.717, 1.165) is 0 Å². The number of ether oxygens (including phenoxy) is 1. The molecule has 2 saturated heterocycles. The molecule has 3 heterocycles. The van der Waals surface area contributed by atoms with E-state index in [1.807, 2.05) is 0 Å². The fourth-order valence-corrected chi connectivity index (χ4v) is 6.02. The van der Waals surface area contributed by atoms with E-state index in [1.54, 1.807) is 34.2 Å². The molecule has 2 aliphatic rings. The highest BCUT2D eigenvalue weighted by Gasteiger charge is 2.45.